The molecular formula is C17H26N4. The first-order valence-electron chi connectivity index (χ1n) is 7.63. The quantitative estimate of drug-likeness (QED) is 0.887. The largest absolute Gasteiger partial charge is 0.311 e. The molecule has 2 aromatic rings. The van der Waals surface area contributed by atoms with Gasteiger partial charge in [-0.3, -0.25) is 9.67 Å². The minimum absolute atomic E-state index is 0.658. The molecule has 0 aliphatic rings. The minimum Gasteiger partial charge on any atom is -0.311 e. The maximum absolute atomic E-state index is 4.72. The van der Waals surface area contributed by atoms with E-state index in [2.05, 4.69) is 63.2 Å². The Morgan fingerprint density at radius 3 is 2.48 bits per heavy atom. The maximum atomic E-state index is 4.72. The molecule has 4 heteroatoms. The Kier molecular flexibility index (Phi) is 5.12. The molecule has 21 heavy (non-hydrogen) atoms. The van der Waals surface area contributed by atoms with Crippen molar-refractivity contribution in [2.45, 2.75) is 47.7 Å². The smallest absolute Gasteiger partial charge is 0.0834 e. The number of aromatic nitrogens is 3. The van der Waals surface area contributed by atoms with E-state index in [4.69, 9.17) is 4.98 Å². The number of hydrogen-bond acceptors (Lipinski definition) is 3. The zero-order chi connectivity index (χ0) is 15.4. The normalized spacial score (nSPS) is 11.3. The second kappa shape index (κ2) is 6.85. The van der Waals surface area contributed by atoms with Gasteiger partial charge in [0.25, 0.3) is 0 Å². The van der Waals surface area contributed by atoms with Crippen LogP contribution in [0.25, 0.3) is 0 Å². The highest BCUT2D eigenvalue weighted by Crippen LogP contribution is 2.12. The van der Waals surface area contributed by atoms with Gasteiger partial charge in [0.1, 0.15) is 0 Å². The second-order valence-corrected chi connectivity index (χ2v) is 6.10. The fourth-order valence-corrected chi connectivity index (χ4v) is 2.30. The van der Waals surface area contributed by atoms with E-state index in [0.29, 0.717) is 5.92 Å². The van der Waals surface area contributed by atoms with Gasteiger partial charge in [0.2, 0.25) is 0 Å². The van der Waals surface area contributed by atoms with E-state index in [1.165, 1.54) is 11.3 Å². The predicted octanol–water partition coefficient (Wildman–Crippen LogP) is 3.00. The molecule has 0 aromatic carbocycles. The topological polar surface area (TPSA) is 42.7 Å². The van der Waals surface area contributed by atoms with Crippen molar-refractivity contribution in [3.63, 3.8) is 0 Å². The van der Waals surface area contributed by atoms with Gasteiger partial charge in [-0.25, -0.2) is 0 Å². The van der Waals surface area contributed by atoms with Crippen LogP contribution >= 0.6 is 0 Å². The zero-order valence-electron chi connectivity index (χ0n) is 13.8. The third kappa shape index (κ3) is 4.14. The molecule has 0 aliphatic carbocycles. The van der Waals surface area contributed by atoms with Crippen molar-refractivity contribution in [2.75, 3.05) is 6.54 Å². The standard InChI is InChI=1S/C17H26N4/c1-12(2)9-18-10-16-7-6-8-17(19-16)11-21-15(5)13(3)14(4)20-21/h6-8,12,18H,9-11H2,1-5H3. The van der Waals surface area contributed by atoms with E-state index in [0.717, 1.165) is 36.7 Å². The van der Waals surface area contributed by atoms with Crippen LogP contribution in [-0.2, 0) is 13.1 Å². The molecule has 1 N–H and O–H groups in total. The Morgan fingerprint density at radius 1 is 1.14 bits per heavy atom. The summed E-state index contributed by atoms with van der Waals surface area (Å²) in [5.74, 6) is 0.658. The molecule has 114 valence electrons. The van der Waals surface area contributed by atoms with Crippen molar-refractivity contribution in [1.29, 1.82) is 0 Å². The lowest BCUT2D eigenvalue weighted by molar-refractivity contribution is 0.546. The summed E-state index contributed by atoms with van der Waals surface area (Å²) in [5.41, 5.74) is 5.74. The van der Waals surface area contributed by atoms with Gasteiger partial charge in [-0.15, -0.1) is 0 Å². The van der Waals surface area contributed by atoms with Gasteiger partial charge in [0, 0.05) is 12.2 Å². The maximum Gasteiger partial charge on any atom is 0.0834 e. The van der Waals surface area contributed by atoms with Crippen LogP contribution in [0.15, 0.2) is 18.2 Å². The van der Waals surface area contributed by atoms with Crippen molar-refractivity contribution < 1.29 is 0 Å². The number of hydrogen-bond donors (Lipinski definition) is 1. The molecule has 2 heterocycles. The minimum atomic E-state index is 0.658. The molecule has 2 rings (SSSR count). The van der Waals surface area contributed by atoms with Gasteiger partial charge in [0.15, 0.2) is 0 Å². The third-order valence-corrected chi connectivity index (χ3v) is 3.78. The lowest BCUT2D eigenvalue weighted by atomic mass is 10.2. The van der Waals surface area contributed by atoms with Crippen molar-refractivity contribution in [1.82, 2.24) is 20.1 Å². The summed E-state index contributed by atoms with van der Waals surface area (Å²) in [6.07, 6.45) is 0. The van der Waals surface area contributed by atoms with E-state index < -0.39 is 0 Å². The fraction of sp³-hybridized carbons (Fsp3) is 0.529. The molecule has 0 amide bonds. The molecule has 0 radical (unpaired) electrons. The Balaban J connectivity index is 2.05. The third-order valence-electron chi connectivity index (χ3n) is 3.78. The lowest BCUT2D eigenvalue weighted by Gasteiger charge is -2.09. The van der Waals surface area contributed by atoms with E-state index >= 15 is 0 Å². The Hall–Kier alpha value is -1.68. The Morgan fingerprint density at radius 2 is 1.86 bits per heavy atom. The molecule has 4 nitrogen and oxygen atoms in total. The van der Waals surface area contributed by atoms with Crippen LogP contribution in [-0.4, -0.2) is 21.3 Å². The molecule has 0 saturated carbocycles. The Labute approximate surface area is 127 Å². The van der Waals surface area contributed by atoms with Gasteiger partial charge < -0.3 is 5.32 Å². The highest BCUT2D eigenvalue weighted by molar-refractivity contribution is 5.23. The average Bonchev–Trinajstić information content (AvgIpc) is 2.66. The van der Waals surface area contributed by atoms with Gasteiger partial charge in [-0.2, -0.15) is 5.10 Å². The van der Waals surface area contributed by atoms with E-state index in [1.54, 1.807) is 0 Å². The van der Waals surface area contributed by atoms with E-state index in [9.17, 15) is 0 Å². The first-order chi connectivity index (χ1) is 9.97. The van der Waals surface area contributed by atoms with Gasteiger partial charge >= 0.3 is 0 Å². The summed E-state index contributed by atoms with van der Waals surface area (Å²) in [6.45, 7) is 13.3. The summed E-state index contributed by atoms with van der Waals surface area (Å²) < 4.78 is 2.04. The molecule has 2 aromatic heterocycles. The SMILES string of the molecule is Cc1nn(Cc2cccc(CNCC(C)C)n2)c(C)c1C. The van der Waals surface area contributed by atoms with Gasteiger partial charge in [-0.1, -0.05) is 19.9 Å². The number of pyridine rings is 1. The van der Waals surface area contributed by atoms with Crippen LogP contribution in [0.1, 0.15) is 42.2 Å². The van der Waals surface area contributed by atoms with E-state index in [-0.39, 0.29) is 0 Å². The van der Waals surface area contributed by atoms with Gasteiger partial charge in [0.05, 0.1) is 23.6 Å². The summed E-state index contributed by atoms with van der Waals surface area (Å²) in [6, 6.07) is 6.22. The van der Waals surface area contributed by atoms with Crippen LogP contribution in [0, 0.1) is 26.7 Å². The second-order valence-electron chi connectivity index (χ2n) is 6.10. The summed E-state index contributed by atoms with van der Waals surface area (Å²) in [4.78, 5) is 4.72. The molecule has 0 fully saturated rings. The Bertz CT molecular complexity index is 599. The van der Waals surface area contributed by atoms with Crippen molar-refractivity contribution in [2.24, 2.45) is 5.92 Å². The molecule has 0 bridgehead atoms. The number of rotatable bonds is 6. The monoisotopic (exact) mass is 286 g/mol. The molecule has 0 atom stereocenters. The number of nitrogens with one attached hydrogen (secondary N) is 1. The number of nitrogens with zero attached hydrogens (tertiary/aromatic N) is 3. The molecule has 0 saturated heterocycles. The van der Waals surface area contributed by atoms with Crippen LogP contribution in [0.2, 0.25) is 0 Å². The van der Waals surface area contributed by atoms with Crippen molar-refractivity contribution in [3.05, 3.63) is 46.5 Å². The van der Waals surface area contributed by atoms with Crippen LogP contribution in [0.5, 0.6) is 0 Å². The predicted molar refractivity (Wildman–Crippen MR) is 86.3 cm³/mol. The lowest BCUT2D eigenvalue weighted by Crippen LogP contribution is -2.20. The molecule has 0 aliphatic heterocycles. The van der Waals surface area contributed by atoms with Crippen LogP contribution < -0.4 is 5.32 Å². The molecule has 0 unspecified atom stereocenters. The van der Waals surface area contributed by atoms with Gasteiger partial charge in [-0.05, 0) is 50.9 Å². The molecular weight excluding hydrogens is 260 g/mol. The summed E-state index contributed by atoms with van der Waals surface area (Å²) in [7, 11) is 0. The highest BCUT2D eigenvalue weighted by atomic mass is 15.3. The first-order valence-corrected chi connectivity index (χ1v) is 7.63. The van der Waals surface area contributed by atoms with Crippen molar-refractivity contribution in [3.8, 4) is 0 Å². The van der Waals surface area contributed by atoms with Crippen LogP contribution in [0.4, 0.5) is 0 Å². The first kappa shape index (κ1) is 15.7. The zero-order valence-corrected chi connectivity index (χ0v) is 13.8. The highest BCUT2D eigenvalue weighted by Gasteiger charge is 2.08. The fourth-order valence-electron chi connectivity index (χ4n) is 2.30. The molecule has 0 spiro atoms. The average molecular weight is 286 g/mol. The van der Waals surface area contributed by atoms with E-state index in [1.807, 2.05) is 4.68 Å². The summed E-state index contributed by atoms with van der Waals surface area (Å²) >= 11 is 0. The number of aryl methyl sites for hydroxylation is 1. The van der Waals surface area contributed by atoms with Crippen LogP contribution in [0.3, 0.4) is 0 Å². The van der Waals surface area contributed by atoms with Crippen molar-refractivity contribution >= 4 is 0 Å². The summed E-state index contributed by atoms with van der Waals surface area (Å²) in [5, 5.41) is 8.01.